The number of aromatic nitrogens is 1. The molecule has 0 aliphatic rings. The van der Waals surface area contributed by atoms with Crippen LogP contribution < -0.4 is 4.90 Å². The summed E-state index contributed by atoms with van der Waals surface area (Å²) in [7, 11) is 0. The van der Waals surface area contributed by atoms with Gasteiger partial charge >= 0.3 is 0 Å². The Kier molecular flexibility index (Phi) is 5.45. The van der Waals surface area contributed by atoms with E-state index in [0.717, 1.165) is 44.7 Å². The molecule has 46 heavy (non-hydrogen) atoms. The fraction of sp³-hybridized carbons (Fsp3) is 0. The molecule has 3 nitrogen and oxygen atoms in total. The molecule has 0 amide bonds. The number of benzene rings is 7. The first-order valence-electron chi connectivity index (χ1n) is 15.5. The van der Waals surface area contributed by atoms with Crippen molar-refractivity contribution in [1.82, 2.24) is 4.57 Å². The van der Waals surface area contributed by atoms with Gasteiger partial charge in [0.2, 0.25) is 0 Å². The standard InChI is InChI=1S/C42H26N2OS/c1-2-12-27(13-3-1)43-34-18-7-4-14-29(34)33-26-28(24-25-35(33)43)44(36-19-11-22-39-41(36)32-16-5-8-21-38(32)45-39)37-20-10-17-31-30-15-6-9-23-40(30)46-42(31)37/h1-26H. The Morgan fingerprint density at radius 1 is 0.478 bits per heavy atom. The van der Waals surface area contributed by atoms with E-state index in [4.69, 9.17) is 4.42 Å². The zero-order chi connectivity index (χ0) is 30.2. The highest BCUT2D eigenvalue weighted by atomic mass is 32.1. The summed E-state index contributed by atoms with van der Waals surface area (Å²) in [6.07, 6.45) is 0. The molecule has 3 heterocycles. The van der Waals surface area contributed by atoms with Gasteiger partial charge < -0.3 is 13.9 Å². The quantitative estimate of drug-likeness (QED) is 0.199. The van der Waals surface area contributed by atoms with Crippen molar-refractivity contribution >= 4 is 92.3 Å². The minimum absolute atomic E-state index is 0.883. The maximum absolute atomic E-state index is 6.40. The number of nitrogens with zero attached hydrogens (tertiary/aromatic N) is 2. The van der Waals surface area contributed by atoms with Crippen molar-refractivity contribution in [2.24, 2.45) is 0 Å². The fourth-order valence-corrected chi connectivity index (χ4v) is 8.42. The van der Waals surface area contributed by atoms with Crippen LogP contribution >= 0.6 is 11.3 Å². The van der Waals surface area contributed by atoms with Crippen LogP contribution in [0.1, 0.15) is 0 Å². The molecule has 0 saturated carbocycles. The van der Waals surface area contributed by atoms with Crippen molar-refractivity contribution in [3.05, 3.63) is 158 Å². The van der Waals surface area contributed by atoms with Crippen LogP contribution in [-0.4, -0.2) is 4.57 Å². The van der Waals surface area contributed by atoms with Crippen LogP contribution in [0, 0.1) is 0 Å². The second-order valence-corrected chi connectivity index (χ2v) is 12.8. The minimum atomic E-state index is 0.883. The van der Waals surface area contributed by atoms with Gasteiger partial charge in [0.05, 0.1) is 32.5 Å². The summed E-state index contributed by atoms with van der Waals surface area (Å²) in [5.74, 6) is 0. The highest BCUT2D eigenvalue weighted by Gasteiger charge is 2.23. The van der Waals surface area contributed by atoms with Crippen LogP contribution in [0.5, 0.6) is 0 Å². The molecule has 0 aliphatic heterocycles. The van der Waals surface area contributed by atoms with Gasteiger partial charge in [0.1, 0.15) is 11.2 Å². The largest absolute Gasteiger partial charge is 0.456 e. The van der Waals surface area contributed by atoms with Crippen LogP contribution in [0.25, 0.3) is 69.6 Å². The van der Waals surface area contributed by atoms with Gasteiger partial charge in [0.25, 0.3) is 0 Å². The molecule has 0 N–H and O–H groups in total. The Bertz CT molecular complexity index is 2770. The molecule has 4 heteroatoms. The molecule has 0 atom stereocenters. The maximum Gasteiger partial charge on any atom is 0.137 e. The smallest absolute Gasteiger partial charge is 0.137 e. The third kappa shape index (κ3) is 3.65. The zero-order valence-corrected chi connectivity index (χ0v) is 25.5. The Morgan fingerprint density at radius 2 is 1.15 bits per heavy atom. The molecule has 0 aliphatic carbocycles. The van der Waals surface area contributed by atoms with E-state index in [9.17, 15) is 0 Å². The first-order valence-corrected chi connectivity index (χ1v) is 16.3. The number of rotatable bonds is 4. The number of thiophene rings is 1. The van der Waals surface area contributed by atoms with Crippen molar-refractivity contribution in [1.29, 1.82) is 0 Å². The van der Waals surface area contributed by atoms with Crippen molar-refractivity contribution in [3.63, 3.8) is 0 Å². The first kappa shape index (κ1) is 25.5. The monoisotopic (exact) mass is 606 g/mol. The van der Waals surface area contributed by atoms with Crippen molar-refractivity contribution in [2.75, 3.05) is 4.90 Å². The molecular weight excluding hydrogens is 581 g/mol. The molecule has 0 spiro atoms. The van der Waals surface area contributed by atoms with Gasteiger partial charge in [0.15, 0.2) is 0 Å². The zero-order valence-electron chi connectivity index (χ0n) is 24.7. The molecule has 3 aromatic heterocycles. The van der Waals surface area contributed by atoms with Crippen molar-refractivity contribution < 1.29 is 4.42 Å². The third-order valence-electron chi connectivity index (χ3n) is 9.17. The SMILES string of the molecule is c1ccc(-n2c3ccccc3c3cc(N(c4cccc5c4sc4ccccc45)c4cccc5oc6ccccc6c45)ccc32)cc1. The summed E-state index contributed by atoms with van der Waals surface area (Å²) in [4.78, 5) is 2.44. The van der Waals surface area contributed by atoms with E-state index in [0.29, 0.717) is 0 Å². The van der Waals surface area contributed by atoms with E-state index in [1.807, 2.05) is 17.4 Å². The van der Waals surface area contributed by atoms with Gasteiger partial charge in [-0.1, -0.05) is 91.0 Å². The molecule has 0 fully saturated rings. The molecule has 10 aromatic rings. The lowest BCUT2D eigenvalue weighted by Crippen LogP contribution is -2.10. The Morgan fingerprint density at radius 3 is 2.07 bits per heavy atom. The van der Waals surface area contributed by atoms with E-state index in [1.54, 1.807) is 0 Å². The number of hydrogen-bond donors (Lipinski definition) is 0. The number of anilines is 3. The van der Waals surface area contributed by atoms with E-state index < -0.39 is 0 Å². The number of para-hydroxylation sites is 3. The lowest BCUT2D eigenvalue weighted by Gasteiger charge is -2.27. The summed E-state index contributed by atoms with van der Waals surface area (Å²) < 4.78 is 11.3. The van der Waals surface area contributed by atoms with Crippen LogP contribution in [-0.2, 0) is 0 Å². The van der Waals surface area contributed by atoms with Gasteiger partial charge in [-0.05, 0) is 66.7 Å². The van der Waals surface area contributed by atoms with Crippen molar-refractivity contribution in [2.45, 2.75) is 0 Å². The second-order valence-electron chi connectivity index (χ2n) is 11.7. The average molecular weight is 607 g/mol. The third-order valence-corrected chi connectivity index (χ3v) is 10.4. The number of furan rings is 1. The van der Waals surface area contributed by atoms with Gasteiger partial charge in [-0.2, -0.15) is 0 Å². The van der Waals surface area contributed by atoms with Gasteiger partial charge in [0, 0.05) is 43.0 Å². The lowest BCUT2D eigenvalue weighted by atomic mass is 10.1. The highest BCUT2D eigenvalue weighted by molar-refractivity contribution is 7.26. The summed E-state index contributed by atoms with van der Waals surface area (Å²) >= 11 is 1.86. The van der Waals surface area contributed by atoms with E-state index >= 15 is 0 Å². The predicted molar refractivity (Wildman–Crippen MR) is 196 cm³/mol. The highest BCUT2D eigenvalue weighted by Crippen LogP contribution is 2.48. The summed E-state index contributed by atoms with van der Waals surface area (Å²) in [5, 5.41) is 7.24. The Labute approximate surface area is 268 Å². The lowest BCUT2D eigenvalue weighted by molar-refractivity contribution is 0.669. The normalized spacial score (nSPS) is 11.9. The molecule has 10 rings (SSSR count). The summed E-state index contributed by atoms with van der Waals surface area (Å²) in [6, 6.07) is 56.5. The summed E-state index contributed by atoms with van der Waals surface area (Å²) in [6.45, 7) is 0. The van der Waals surface area contributed by atoms with E-state index in [-0.39, 0.29) is 0 Å². The Hall–Kier alpha value is -5.84. The predicted octanol–water partition coefficient (Wildman–Crippen LogP) is 12.5. The molecule has 216 valence electrons. The second kappa shape index (κ2) is 9.83. The molecular formula is C42H26N2OS. The van der Waals surface area contributed by atoms with Gasteiger partial charge in [-0.25, -0.2) is 0 Å². The topological polar surface area (TPSA) is 21.3 Å². The van der Waals surface area contributed by atoms with Crippen molar-refractivity contribution in [3.8, 4) is 5.69 Å². The van der Waals surface area contributed by atoms with Crippen LogP contribution in [0.4, 0.5) is 17.1 Å². The fourth-order valence-electron chi connectivity index (χ4n) is 7.21. The van der Waals surface area contributed by atoms with Crippen LogP contribution in [0.2, 0.25) is 0 Å². The van der Waals surface area contributed by atoms with E-state index in [1.165, 1.54) is 42.0 Å². The minimum Gasteiger partial charge on any atom is -0.456 e. The summed E-state index contributed by atoms with van der Waals surface area (Å²) in [5.41, 5.74) is 8.67. The molecule has 7 aromatic carbocycles. The van der Waals surface area contributed by atoms with Crippen LogP contribution in [0.3, 0.4) is 0 Å². The van der Waals surface area contributed by atoms with Crippen LogP contribution in [0.15, 0.2) is 162 Å². The molecule has 0 bridgehead atoms. The molecule has 0 radical (unpaired) electrons. The molecule has 0 saturated heterocycles. The number of hydrogen-bond acceptors (Lipinski definition) is 3. The van der Waals surface area contributed by atoms with E-state index in [2.05, 4.69) is 161 Å². The first-order chi connectivity index (χ1) is 22.8. The average Bonchev–Trinajstić information content (AvgIpc) is 3.79. The molecule has 0 unspecified atom stereocenters. The van der Waals surface area contributed by atoms with Gasteiger partial charge in [-0.15, -0.1) is 11.3 Å². The van der Waals surface area contributed by atoms with Gasteiger partial charge in [-0.3, -0.25) is 0 Å². The number of fused-ring (bicyclic) bond motifs is 9. The Balaban J connectivity index is 1.31. The maximum atomic E-state index is 6.40.